The average Bonchev–Trinajstić information content (AvgIpc) is 2.00. The minimum Gasteiger partial charge on any atom is -0.390 e. The van der Waals surface area contributed by atoms with Crippen LogP contribution in [0.5, 0.6) is 0 Å². The molecule has 2 fully saturated rings. The van der Waals surface area contributed by atoms with Crippen LogP contribution in [0, 0.1) is 11.3 Å². The van der Waals surface area contributed by atoms with Crippen LogP contribution < -0.4 is 0 Å². The van der Waals surface area contributed by atoms with E-state index in [0.717, 1.165) is 18.8 Å². The summed E-state index contributed by atoms with van der Waals surface area (Å²) < 4.78 is 0. The first-order valence-electron chi connectivity index (χ1n) is 5.74. The fraction of sp³-hybridized carbons (Fsp3) is 1.00. The topological polar surface area (TPSA) is 20.2 Å². The predicted octanol–water partition coefficient (Wildman–Crippen LogP) is 3.12. The normalized spacial score (nSPS) is 51.5. The Morgan fingerprint density at radius 1 is 1.08 bits per heavy atom. The fourth-order valence-corrected chi connectivity index (χ4v) is 3.64. The summed E-state index contributed by atoms with van der Waals surface area (Å²) in [5.74, 6) is 0.904. The van der Waals surface area contributed by atoms with Gasteiger partial charge in [-0.3, -0.25) is 0 Å². The molecule has 0 amide bonds. The maximum Gasteiger partial charge on any atom is 0.0625 e. The van der Waals surface area contributed by atoms with E-state index in [-0.39, 0.29) is 5.60 Å². The first kappa shape index (κ1) is 9.51. The molecule has 13 heavy (non-hydrogen) atoms. The van der Waals surface area contributed by atoms with Crippen LogP contribution in [-0.2, 0) is 0 Å². The maximum atomic E-state index is 10.1. The first-order chi connectivity index (χ1) is 6.02. The number of hydrogen-bond acceptors (Lipinski definition) is 1. The second-order valence-corrected chi connectivity index (χ2v) is 5.81. The molecule has 0 aromatic carbocycles. The molecular weight excluding hydrogens is 160 g/mol. The Morgan fingerprint density at radius 2 is 1.85 bits per heavy atom. The minimum absolute atomic E-state index is 0.372. The summed E-state index contributed by atoms with van der Waals surface area (Å²) in [6.45, 7) is 4.41. The standard InChI is InChI=1S/C12H22O/c1-11-7-4-3-5-10(11)6-8-12(2,13)9-11/h10,13H,3-9H2,1-2H3/t10-,11+,12+/m0/s1. The van der Waals surface area contributed by atoms with E-state index >= 15 is 0 Å². The maximum absolute atomic E-state index is 10.1. The SMILES string of the molecule is C[C@@]1(O)CC[C@@H]2CCCC[C@]2(C)C1. The molecule has 1 nitrogen and oxygen atoms in total. The van der Waals surface area contributed by atoms with Gasteiger partial charge >= 0.3 is 0 Å². The van der Waals surface area contributed by atoms with Gasteiger partial charge in [-0.1, -0.05) is 19.8 Å². The van der Waals surface area contributed by atoms with Crippen molar-refractivity contribution in [2.45, 2.75) is 64.4 Å². The van der Waals surface area contributed by atoms with Gasteiger partial charge in [0.25, 0.3) is 0 Å². The van der Waals surface area contributed by atoms with E-state index in [1.165, 1.54) is 32.1 Å². The first-order valence-corrected chi connectivity index (χ1v) is 5.74. The van der Waals surface area contributed by atoms with Gasteiger partial charge in [0.15, 0.2) is 0 Å². The molecule has 3 atom stereocenters. The number of hydrogen-bond donors (Lipinski definition) is 1. The Hall–Kier alpha value is -0.0400. The van der Waals surface area contributed by atoms with Crippen LogP contribution in [0.2, 0.25) is 0 Å². The summed E-state index contributed by atoms with van der Waals surface area (Å²) in [5.41, 5.74) is 0.0859. The van der Waals surface area contributed by atoms with E-state index in [2.05, 4.69) is 6.92 Å². The van der Waals surface area contributed by atoms with Crippen molar-refractivity contribution >= 4 is 0 Å². The smallest absolute Gasteiger partial charge is 0.0625 e. The van der Waals surface area contributed by atoms with Crippen molar-refractivity contribution < 1.29 is 5.11 Å². The summed E-state index contributed by atoms with van der Waals surface area (Å²) in [4.78, 5) is 0. The molecule has 2 aliphatic rings. The second kappa shape index (κ2) is 2.98. The van der Waals surface area contributed by atoms with Crippen molar-refractivity contribution in [1.29, 1.82) is 0 Å². The highest BCUT2D eigenvalue weighted by Gasteiger charge is 2.45. The molecule has 1 heteroatoms. The Labute approximate surface area is 81.5 Å². The van der Waals surface area contributed by atoms with Crippen molar-refractivity contribution in [2.24, 2.45) is 11.3 Å². The molecule has 0 aromatic heterocycles. The molecule has 0 aliphatic heterocycles. The van der Waals surface area contributed by atoms with Gasteiger partial charge in [0, 0.05) is 0 Å². The third-order valence-electron chi connectivity index (χ3n) is 4.35. The van der Waals surface area contributed by atoms with Crippen LogP contribution in [0.15, 0.2) is 0 Å². The molecular formula is C12H22O. The van der Waals surface area contributed by atoms with Gasteiger partial charge < -0.3 is 5.11 Å². The van der Waals surface area contributed by atoms with E-state index in [0.29, 0.717) is 5.41 Å². The molecule has 76 valence electrons. The van der Waals surface area contributed by atoms with Crippen LogP contribution in [-0.4, -0.2) is 10.7 Å². The Morgan fingerprint density at radius 3 is 2.62 bits per heavy atom. The molecule has 2 aliphatic carbocycles. The van der Waals surface area contributed by atoms with Gasteiger partial charge in [-0.15, -0.1) is 0 Å². The van der Waals surface area contributed by atoms with Gasteiger partial charge in [-0.2, -0.15) is 0 Å². The second-order valence-electron chi connectivity index (χ2n) is 5.81. The van der Waals surface area contributed by atoms with Crippen LogP contribution in [0.1, 0.15) is 58.8 Å². The van der Waals surface area contributed by atoms with Crippen LogP contribution in [0.3, 0.4) is 0 Å². The molecule has 0 heterocycles. The molecule has 2 saturated carbocycles. The van der Waals surface area contributed by atoms with Crippen LogP contribution in [0.25, 0.3) is 0 Å². The zero-order valence-electron chi connectivity index (χ0n) is 8.97. The largest absolute Gasteiger partial charge is 0.390 e. The Bertz CT molecular complexity index is 197. The molecule has 0 saturated heterocycles. The highest BCUT2D eigenvalue weighted by molar-refractivity contribution is 4.96. The number of rotatable bonds is 0. The highest BCUT2D eigenvalue weighted by Crippen LogP contribution is 2.52. The lowest BCUT2D eigenvalue weighted by Gasteiger charge is -2.50. The Balaban J connectivity index is 2.12. The fourth-order valence-electron chi connectivity index (χ4n) is 3.64. The number of aliphatic hydroxyl groups is 1. The number of fused-ring (bicyclic) bond motifs is 1. The van der Waals surface area contributed by atoms with E-state index in [1.807, 2.05) is 6.92 Å². The monoisotopic (exact) mass is 182 g/mol. The summed E-state index contributed by atoms with van der Waals surface area (Å²) in [7, 11) is 0. The molecule has 0 spiro atoms. The van der Waals surface area contributed by atoms with E-state index in [4.69, 9.17) is 0 Å². The molecule has 0 radical (unpaired) electrons. The lowest BCUT2D eigenvalue weighted by atomic mass is 9.57. The third kappa shape index (κ3) is 1.76. The molecule has 0 aromatic rings. The third-order valence-corrected chi connectivity index (χ3v) is 4.35. The van der Waals surface area contributed by atoms with Crippen molar-refractivity contribution in [3.8, 4) is 0 Å². The quantitative estimate of drug-likeness (QED) is 0.610. The van der Waals surface area contributed by atoms with Crippen molar-refractivity contribution in [3.63, 3.8) is 0 Å². The van der Waals surface area contributed by atoms with Gasteiger partial charge in [-0.25, -0.2) is 0 Å². The minimum atomic E-state index is -0.372. The van der Waals surface area contributed by atoms with Gasteiger partial charge in [0.1, 0.15) is 0 Å². The van der Waals surface area contributed by atoms with E-state index in [1.54, 1.807) is 0 Å². The Kier molecular flexibility index (Phi) is 2.18. The van der Waals surface area contributed by atoms with Crippen LogP contribution in [0.4, 0.5) is 0 Å². The predicted molar refractivity (Wildman–Crippen MR) is 54.5 cm³/mol. The van der Waals surface area contributed by atoms with E-state index < -0.39 is 0 Å². The van der Waals surface area contributed by atoms with Crippen molar-refractivity contribution in [2.75, 3.05) is 0 Å². The molecule has 0 bridgehead atoms. The zero-order chi connectivity index (χ0) is 9.53. The highest BCUT2D eigenvalue weighted by atomic mass is 16.3. The lowest BCUT2D eigenvalue weighted by molar-refractivity contribution is -0.0741. The summed E-state index contributed by atoms with van der Waals surface area (Å²) in [5, 5.41) is 10.1. The summed E-state index contributed by atoms with van der Waals surface area (Å²) >= 11 is 0. The van der Waals surface area contributed by atoms with Gasteiger partial charge in [-0.05, 0) is 50.4 Å². The lowest BCUT2D eigenvalue weighted by Crippen LogP contribution is -2.44. The van der Waals surface area contributed by atoms with E-state index in [9.17, 15) is 5.11 Å². The van der Waals surface area contributed by atoms with Gasteiger partial charge in [0.05, 0.1) is 5.60 Å². The van der Waals surface area contributed by atoms with Crippen LogP contribution >= 0.6 is 0 Å². The zero-order valence-corrected chi connectivity index (χ0v) is 8.97. The molecule has 0 unspecified atom stereocenters. The molecule has 2 rings (SSSR count). The summed E-state index contributed by atoms with van der Waals surface area (Å²) in [6.07, 6.45) is 8.85. The summed E-state index contributed by atoms with van der Waals surface area (Å²) in [6, 6.07) is 0. The van der Waals surface area contributed by atoms with Crippen molar-refractivity contribution in [3.05, 3.63) is 0 Å². The molecule has 1 N–H and O–H groups in total. The van der Waals surface area contributed by atoms with Gasteiger partial charge in [0.2, 0.25) is 0 Å². The average molecular weight is 182 g/mol. The van der Waals surface area contributed by atoms with Crippen molar-refractivity contribution in [1.82, 2.24) is 0 Å².